The third-order valence-electron chi connectivity index (χ3n) is 2.89. The van der Waals surface area contributed by atoms with E-state index in [0.29, 0.717) is 11.1 Å². The van der Waals surface area contributed by atoms with Crippen LogP contribution in [-0.2, 0) is 9.68 Å². The second-order valence-electron chi connectivity index (χ2n) is 4.57. The fraction of sp³-hybridized carbons (Fsp3) is 0.125. The normalized spacial score (nSPS) is 10.7. The molecule has 0 radical (unpaired) electrons. The Morgan fingerprint density at radius 3 is 1.52 bits per heavy atom. The van der Waals surface area contributed by atoms with Crippen molar-refractivity contribution in [1.82, 2.24) is 0 Å². The minimum atomic E-state index is -0.281. The number of oxime groups is 2. The van der Waals surface area contributed by atoms with Crippen LogP contribution in [0.25, 0.3) is 0 Å². The van der Waals surface area contributed by atoms with E-state index in [4.69, 9.17) is 9.68 Å². The number of aromatic hydroxyl groups is 4. The predicted molar refractivity (Wildman–Crippen MR) is 90.2 cm³/mol. The molecular weight excluding hydrogens is 332 g/mol. The van der Waals surface area contributed by atoms with Crippen LogP contribution in [0, 0.1) is 0 Å². The maximum absolute atomic E-state index is 9.54. The molecule has 6 N–H and O–H groups in total. The molecule has 0 amide bonds. The van der Waals surface area contributed by atoms with Crippen LogP contribution >= 0.6 is 0 Å². The van der Waals surface area contributed by atoms with Gasteiger partial charge in [-0.2, -0.15) is 0 Å². The van der Waals surface area contributed by atoms with E-state index in [9.17, 15) is 20.4 Å². The summed E-state index contributed by atoms with van der Waals surface area (Å²) in [5, 5.41) is 44.9. The van der Waals surface area contributed by atoms with Gasteiger partial charge >= 0.3 is 0 Å². The zero-order valence-electron chi connectivity index (χ0n) is 13.0. The monoisotopic (exact) mass is 350 g/mol. The molecule has 0 unspecified atom stereocenters. The van der Waals surface area contributed by atoms with Crippen LogP contribution in [0.2, 0.25) is 0 Å². The van der Waals surface area contributed by atoms with Crippen LogP contribution in [0.4, 0.5) is 0 Å². The van der Waals surface area contributed by atoms with Crippen molar-refractivity contribution >= 4 is 12.4 Å². The Labute approximate surface area is 143 Å². The van der Waals surface area contributed by atoms with E-state index in [0.717, 1.165) is 0 Å². The summed E-state index contributed by atoms with van der Waals surface area (Å²) in [6.07, 6.45) is 2.51. The molecular formula is C16H18N2O7. The second-order valence-corrected chi connectivity index (χ2v) is 4.57. The first kappa shape index (κ1) is 19.6. The second kappa shape index (κ2) is 9.63. The highest BCUT2D eigenvalue weighted by Gasteiger charge is 2.03. The summed E-state index contributed by atoms with van der Waals surface area (Å²) in [6.45, 7) is 0.193. The van der Waals surface area contributed by atoms with Crippen molar-refractivity contribution in [2.45, 2.75) is 0 Å². The maximum Gasteiger partial charge on any atom is 0.166 e. The molecule has 0 spiro atoms. The first-order valence-electron chi connectivity index (χ1n) is 6.92. The Morgan fingerprint density at radius 2 is 1.12 bits per heavy atom. The molecule has 9 heteroatoms. The molecule has 25 heavy (non-hydrogen) atoms. The van der Waals surface area contributed by atoms with E-state index < -0.39 is 0 Å². The summed E-state index contributed by atoms with van der Waals surface area (Å²) in [6, 6.07) is 8.94. The molecule has 2 aromatic rings. The van der Waals surface area contributed by atoms with Crippen LogP contribution in [0.5, 0.6) is 23.0 Å². The topological polar surface area (TPSA) is 156 Å². The largest absolute Gasteiger partial charge is 0.504 e. The Balaban J connectivity index is 0.00000312. The number of para-hydroxylation sites is 2. The van der Waals surface area contributed by atoms with E-state index in [1.807, 2.05) is 0 Å². The number of benzene rings is 2. The zero-order valence-corrected chi connectivity index (χ0v) is 13.0. The molecule has 0 aliphatic heterocycles. The van der Waals surface area contributed by atoms with Gasteiger partial charge < -0.3 is 35.6 Å². The van der Waals surface area contributed by atoms with Crippen molar-refractivity contribution < 1.29 is 35.6 Å². The molecule has 0 fully saturated rings. The van der Waals surface area contributed by atoms with Crippen molar-refractivity contribution in [2.24, 2.45) is 10.3 Å². The molecule has 0 aliphatic rings. The van der Waals surface area contributed by atoms with Crippen molar-refractivity contribution in [3.8, 4) is 23.0 Å². The molecule has 2 rings (SSSR count). The summed E-state index contributed by atoms with van der Waals surface area (Å²) in [7, 11) is 0. The van der Waals surface area contributed by atoms with Gasteiger partial charge in [0.05, 0.1) is 12.4 Å². The van der Waals surface area contributed by atoms with Gasteiger partial charge in [-0.05, 0) is 24.3 Å². The van der Waals surface area contributed by atoms with Crippen molar-refractivity contribution in [3.05, 3.63) is 47.5 Å². The highest BCUT2D eigenvalue weighted by molar-refractivity contribution is 5.84. The summed E-state index contributed by atoms with van der Waals surface area (Å²) in [5.41, 5.74) is 0.626. The molecule has 0 bridgehead atoms. The maximum atomic E-state index is 9.54. The molecule has 0 atom stereocenters. The molecule has 9 nitrogen and oxygen atoms in total. The lowest BCUT2D eigenvalue weighted by atomic mass is 10.2. The third-order valence-corrected chi connectivity index (χ3v) is 2.89. The number of rotatable bonds is 7. The minimum Gasteiger partial charge on any atom is -0.504 e. The van der Waals surface area contributed by atoms with E-state index >= 15 is 0 Å². The van der Waals surface area contributed by atoms with E-state index in [1.54, 1.807) is 24.3 Å². The summed E-state index contributed by atoms with van der Waals surface area (Å²) in [4.78, 5) is 9.83. The van der Waals surface area contributed by atoms with Gasteiger partial charge in [0.25, 0.3) is 0 Å². The van der Waals surface area contributed by atoms with Gasteiger partial charge in [0.2, 0.25) is 0 Å². The van der Waals surface area contributed by atoms with Gasteiger partial charge in [-0.3, -0.25) is 0 Å². The average molecular weight is 350 g/mol. The van der Waals surface area contributed by atoms with E-state index in [-0.39, 0.29) is 41.7 Å². The number of phenols is 4. The standard InChI is InChI=1S/C16H16N2O6.H2O/c19-13-5-1-3-11(15(13)21)9-17-23-7-8-24-18-10-12-4-2-6-14(20)16(12)22;/h1-6,9-10,19-22H,7-8H2;1H2/b17-9+,18-10+;. The highest BCUT2D eigenvalue weighted by atomic mass is 16.7. The molecule has 0 saturated heterocycles. The lowest BCUT2D eigenvalue weighted by Gasteiger charge is -2.02. The lowest BCUT2D eigenvalue weighted by molar-refractivity contribution is 0.0553. The van der Waals surface area contributed by atoms with Crippen LogP contribution in [0.1, 0.15) is 11.1 Å². The molecule has 0 heterocycles. The molecule has 0 aromatic heterocycles. The van der Waals surface area contributed by atoms with Crippen molar-refractivity contribution in [3.63, 3.8) is 0 Å². The Bertz CT molecular complexity index is 684. The third kappa shape index (κ3) is 5.59. The van der Waals surface area contributed by atoms with E-state index in [1.165, 1.54) is 24.6 Å². The Kier molecular flexibility index (Phi) is 7.54. The van der Waals surface area contributed by atoms with Crippen LogP contribution < -0.4 is 0 Å². The quantitative estimate of drug-likeness (QED) is 0.253. The Hall–Kier alpha value is -3.46. The van der Waals surface area contributed by atoms with Gasteiger partial charge in [0.1, 0.15) is 0 Å². The summed E-state index contributed by atoms with van der Waals surface area (Å²) < 4.78 is 0. The fourth-order valence-corrected chi connectivity index (χ4v) is 1.67. The summed E-state index contributed by atoms with van der Waals surface area (Å²) >= 11 is 0. The summed E-state index contributed by atoms with van der Waals surface area (Å²) in [5.74, 6) is -1.05. The molecule has 0 saturated carbocycles. The number of hydrogen-bond acceptors (Lipinski definition) is 8. The van der Waals surface area contributed by atoms with Gasteiger partial charge in [-0.1, -0.05) is 22.4 Å². The van der Waals surface area contributed by atoms with Gasteiger partial charge in [0, 0.05) is 11.1 Å². The number of nitrogens with zero attached hydrogens (tertiary/aromatic N) is 2. The van der Waals surface area contributed by atoms with Crippen LogP contribution in [-0.4, -0.2) is 51.5 Å². The molecule has 0 aliphatic carbocycles. The molecule has 134 valence electrons. The molecule has 2 aromatic carbocycles. The van der Waals surface area contributed by atoms with Crippen LogP contribution in [0.3, 0.4) is 0 Å². The van der Waals surface area contributed by atoms with Crippen LogP contribution in [0.15, 0.2) is 46.7 Å². The first-order chi connectivity index (χ1) is 11.6. The Morgan fingerprint density at radius 1 is 0.720 bits per heavy atom. The van der Waals surface area contributed by atoms with E-state index in [2.05, 4.69) is 10.3 Å². The van der Waals surface area contributed by atoms with Gasteiger partial charge in [-0.15, -0.1) is 0 Å². The van der Waals surface area contributed by atoms with Gasteiger partial charge in [0.15, 0.2) is 36.2 Å². The number of hydrogen-bond donors (Lipinski definition) is 4. The zero-order chi connectivity index (χ0) is 17.4. The van der Waals surface area contributed by atoms with Crippen molar-refractivity contribution in [2.75, 3.05) is 13.2 Å². The van der Waals surface area contributed by atoms with Crippen molar-refractivity contribution in [1.29, 1.82) is 0 Å². The first-order valence-corrected chi connectivity index (χ1v) is 6.92. The number of phenolic OH excluding ortho intramolecular Hbond substituents is 4. The average Bonchev–Trinajstić information content (AvgIpc) is 2.57. The predicted octanol–water partition coefficient (Wildman–Crippen LogP) is 1.09. The minimum absolute atomic E-state index is 0. The SMILES string of the molecule is O.Oc1cccc(/C=N/OCCO/N=C/c2cccc(O)c2O)c1O. The van der Waals surface area contributed by atoms with Gasteiger partial charge in [-0.25, -0.2) is 0 Å². The smallest absolute Gasteiger partial charge is 0.166 e. The lowest BCUT2D eigenvalue weighted by Crippen LogP contribution is -1.98. The highest BCUT2D eigenvalue weighted by Crippen LogP contribution is 2.27. The fourth-order valence-electron chi connectivity index (χ4n) is 1.67.